The molecule has 0 aliphatic rings. The van der Waals surface area contributed by atoms with Crippen LogP contribution in [-0.2, 0) is 11.3 Å². The third-order valence-corrected chi connectivity index (χ3v) is 4.04. The molecule has 1 aromatic rings. The molecule has 6 nitrogen and oxygen atoms in total. The minimum absolute atomic E-state index is 0. The van der Waals surface area contributed by atoms with Gasteiger partial charge in [-0.25, -0.2) is 4.63 Å². The molecule has 0 saturated heterocycles. The quantitative estimate of drug-likeness (QED) is 0.837. The van der Waals surface area contributed by atoms with Gasteiger partial charge in [-0.3, -0.25) is 4.79 Å². The molecule has 0 fully saturated rings. The predicted molar refractivity (Wildman–Crippen MR) is 73.7 cm³/mol. The van der Waals surface area contributed by atoms with Gasteiger partial charge in [0.1, 0.15) is 11.4 Å². The van der Waals surface area contributed by atoms with E-state index in [9.17, 15) is 4.79 Å². The van der Waals surface area contributed by atoms with Crippen molar-refractivity contribution in [3.63, 3.8) is 0 Å². The minimum atomic E-state index is -0.572. The lowest BCUT2D eigenvalue weighted by Crippen LogP contribution is -2.51. The fraction of sp³-hybridized carbons (Fsp3) is 0.700. The maximum atomic E-state index is 11.8. The third-order valence-electron chi connectivity index (χ3n) is 2.73. The van der Waals surface area contributed by atoms with E-state index < -0.39 is 6.04 Å². The summed E-state index contributed by atoms with van der Waals surface area (Å²) in [6, 6.07) is -0.572. The van der Waals surface area contributed by atoms with Gasteiger partial charge in [0.05, 0.1) is 12.6 Å². The van der Waals surface area contributed by atoms with Gasteiger partial charge < -0.3 is 11.1 Å². The van der Waals surface area contributed by atoms with Crippen LogP contribution >= 0.6 is 24.2 Å². The zero-order chi connectivity index (χ0) is 13.1. The molecule has 0 spiro atoms. The maximum Gasteiger partial charge on any atom is 0.238 e. The third kappa shape index (κ3) is 4.15. The van der Waals surface area contributed by atoms with E-state index in [1.807, 2.05) is 20.1 Å². The molecule has 1 atom stereocenters. The number of carbonyl (C=O) groups excluding carboxylic acids is 1. The second-order valence-corrected chi connectivity index (χ2v) is 5.76. The summed E-state index contributed by atoms with van der Waals surface area (Å²) in [5.74, 6) is -0.202. The Morgan fingerprint density at radius 3 is 2.61 bits per heavy atom. The molecular weight excluding hydrogens is 276 g/mol. The van der Waals surface area contributed by atoms with E-state index >= 15 is 0 Å². The van der Waals surface area contributed by atoms with Gasteiger partial charge in [-0.15, -0.1) is 12.4 Å². The Morgan fingerprint density at radius 2 is 2.17 bits per heavy atom. The topological polar surface area (TPSA) is 94.0 Å². The number of nitrogens with zero attached hydrogens (tertiary/aromatic N) is 2. The molecule has 0 radical (unpaired) electrons. The average Bonchev–Trinajstić information content (AvgIpc) is 2.70. The average molecular weight is 295 g/mol. The number of halogens is 1. The summed E-state index contributed by atoms with van der Waals surface area (Å²) >= 11 is 1.56. The molecule has 0 aliphatic heterocycles. The van der Waals surface area contributed by atoms with Crippen molar-refractivity contribution in [1.29, 1.82) is 0 Å². The predicted octanol–water partition coefficient (Wildman–Crippen LogP) is 0.885. The number of hydrogen-bond acceptors (Lipinski definition) is 6. The molecule has 104 valence electrons. The SMILES string of the molecule is CSC(C)(C)[C@H](N)C(=O)NCc1nonc1C.Cl. The Kier molecular flexibility index (Phi) is 6.66. The van der Waals surface area contributed by atoms with Crippen molar-refractivity contribution < 1.29 is 9.42 Å². The Balaban J connectivity index is 0.00000289. The van der Waals surface area contributed by atoms with Crippen LogP contribution in [0.25, 0.3) is 0 Å². The van der Waals surface area contributed by atoms with Crippen molar-refractivity contribution >= 4 is 30.1 Å². The lowest BCUT2D eigenvalue weighted by atomic mass is 10.0. The summed E-state index contributed by atoms with van der Waals surface area (Å²) in [6.45, 7) is 5.92. The lowest BCUT2D eigenvalue weighted by molar-refractivity contribution is -0.123. The smallest absolute Gasteiger partial charge is 0.238 e. The maximum absolute atomic E-state index is 11.8. The molecule has 0 aliphatic carbocycles. The molecule has 1 aromatic heterocycles. The summed E-state index contributed by atoms with van der Waals surface area (Å²) < 4.78 is 4.24. The van der Waals surface area contributed by atoms with E-state index in [-0.39, 0.29) is 29.6 Å². The second-order valence-electron chi connectivity index (χ2n) is 4.30. The first-order chi connectivity index (χ1) is 7.88. The highest BCUT2D eigenvalue weighted by molar-refractivity contribution is 8.00. The Bertz CT molecular complexity index is 397. The van der Waals surface area contributed by atoms with E-state index in [4.69, 9.17) is 5.73 Å². The molecule has 1 heterocycles. The van der Waals surface area contributed by atoms with E-state index in [0.29, 0.717) is 11.4 Å². The van der Waals surface area contributed by atoms with Crippen LogP contribution in [0, 0.1) is 6.92 Å². The first-order valence-electron chi connectivity index (χ1n) is 5.25. The van der Waals surface area contributed by atoms with Crippen LogP contribution in [-0.4, -0.2) is 33.3 Å². The lowest BCUT2D eigenvalue weighted by Gasteiger charge is -2.28. The van der Waals surface area contributed by atoms with Crippen LogP contribution in [0.5, 0.6) is 0 Å². The number of nitrogens with two attached hydrogens (primary N) is 1. The van der Waals surface area contributed by atoms with Crippen LogP contribution in [0.3, 0.4) is 0 Å². The standard InChI is InChI=1S/C10H18N4O2S.ClH/c1-6-7(14-16-13-6)5-12-9(15)8(11)10(2,3)17-4;/h8H,5,11H2,1-4H3,(H,12,15);1H/t8-;/m1./s1. The van der Waals surface area contributed by atoms with Gasteiger partial charge in [0.25, 0.3) is 0 Å². The fourth-order valence-electron chi connectivity index (χ4n) is 1.13. The summed E-state index contributed by atoms with van der Waals surface area (Å²) in [5.41, 5.74) is 7.18. The number of carbonyl (C=O) groups is 1. The highest BCUT2D eigenvalue weighted by atomic mass is 35.5. The molecule has 1 amide bonds. The van der Waals surface area contributed by atoms with Crippen LogP contribution in [0.2, 0.25) is 0 Å². The first-order valence-corrected chi connectivity index (χ1v) is 6.47. The number of rotatable bonds is 5. The molecule has 1 rings (SSSR count). The van der Waals surface area contributed by atoms with Crippen LogP contribution in [0.1, 0.15) is 25.2 Å². The minimum Gasteiger partial charge on any atom is -0.349 e. The van der Waals surface area contributed by atoms with Gasteiger partial charge in [0.2, 0.25) is 5.91 Å². The van der Waals surface area contributed by atoms with Crippen molar-refractivity contribution in [2.75, 3.05) is 6.26 Å². The number of aromatic nitrogens is 2. The Hall–Kier alpha value is -0.790. The number of amides is 1. The van der Waals surface area contributed by atoms with Crippen molar-refractivity contribution in [2.45, 2.75) is 38.1 Å². The van der Waals surface area contributed by atoms with E-state index in [1.165, 1.54) is 0 Å². The number of thioether (sulfide) groups is 1. The van der Waals surface area contributed by atoms with E-state index in [1.54, 1.807) is 18.7 Å². The highest BCUT2D eigenvalue weighted by Crippen LogP contribution is 2.24. The van der Waals surface area contributed by atoms with E-state index in [0.717, 1.165) is 0 Å². The largest absolute Gasteiger partial charge is 0.349 e. The van der Waals surface area contributed by atoms with Crippen molar-refractivity contribution in [1.82, 2.24) is 15.6 Å². The zero-order valence-electron chi connectivity index (χ0n) is 10.9. The fourth-order valence-corrected chi connectivity index (χ4v) is 1.49. The molecule has 18 heavy (non-hydrogen) atoms. The molecular formula is C10H19ClN4O2S. The number of hydrogen-bond donors (Lipinski definition) is 2. The molecule has 0 saturated carbocycles. The monoisotopic (exact) mass is 294 g/mol. The van der Waals surface area contributed by atoms with Crippen molar-refractivity contribution in [2.24, 2.45) is 5.73 Å². The summed E-state index contributed by atoms with van der Waals surface area (Å²) in [6.07, 6.45) is 1.93. The molecule has 0 bridgehead atoms. The molecule has 0 unspecified atom stereocenters. The van der Waals surface area contributed by atoms with E-state index in [2.05, 4.69) is 20.3 Å². The highest BCUT2D eigenvalue weighted by Gasteiger charge is 2.31. The van der Waals surface area contributed by atoms with Gasteiger partial charge in [-0.1, -0.05) is 10.3 Å². The number of aryl methyl sites for hydroxylation is 1. The van der Waals surface area contributed by atoms with Crippen molar-refractivity contribution in [3.8, 4) is 0 Å². The normalized spacial score (nSPS) is 12.7. The molecule has 8 heteroatoms. The second kappa shape index (κ2) is 6.96. The van der Waals surface area contributed by atoms with Crippen LogP contribution in [0.4, 0.5) is 0 Å². The summed E-state index contributed by atoms with van der Waals surface area (Å²) in [7, 11) is 0. The van der Waals surface area contributed by atoms with Gasteiger partial charge >= 0.3 is 0 Å². The molecule has 3 N–H and O–H groups in total. The van der Waals surface area contributed by atoms with Gasteiger partial charge in [-0.05, 0) is 27.0 Å². The number of nitrogens with one attached hydrogen (secondary N) is 1. The molecule has 0 aromatic carbocycles. The first kappa shape index (κ1) is 17.2. The van der Waals surface area contributed by atoms with Gasteiger partial charge in [0, 0.05) is 4.75 Å². The van der Waals surface area contributed by atoms with Crippen LogP contribution in [0.15, 0.2) is 4.63 Å². The van der Waals surface area contributed by atoms with Gasteiger partial charge in [-0.2, -0.15) is 11.8 Å². The Labute approximate surface area is 117 Å². The summed E-state index contributed by atoms with van der Waals surface area (Å²) in [4.78, 5) is 11.8. The van der Waals surface area contributed by atoms with Gasteiger partial charge in [0.15, 0.2) is 0 Å². The van der Waals surface area contributed by atoms with Crippen molar-refractivity contribution in [3.05, 3.63) is 11.4 Å². The van der Waals surface area contributed by atoms with Crippen LogP contribution < -0.4 is 11.1 Å². The zero-order valence-corrected chi connectivity index (χ0v) is 12.5. The summed E-state index contributed by atoms with van der Waals surface area (Å²) in [5, 5.41) is 10.0. The Morgan fingerprint density at radius 1 is 1.56 bits per heavy atom.